The lowest BCUT2D eigenvalue weighted by Gasteiger charge is -2.25. The molecule has 1 heterocycles. The second-order valence-electron chi connectivity index (χ2n) is 7.41. The van der Waals surface area contributed by atoms with E-state index in [2.05, 4.69) is 10.2 Å². The number of nitrogens with zero attached hydrogens (tertiary/aromatic N) is 5. The molecule has 0 unspecified atom stereocenters. The van der Waals surface area contributed by atoms with Crippen LogP contribution in [0, 0.1) is 28.4 Å². The first-order chi connectivity index (χ1) is 15.1. The molecule has 32 heavy (non-hydrogen) atoms. The first kappa shape index (κ1) is 22.9. The summed E-state index contributed by atoms with van der Waals surface area (Å²) in [6, 6.07) is 3.20. The Balaban J connectivity index is 2.14. The Morgan fingerprint density at radius 3 is 2.47 bits per heavy atom. The minimum atomic E-state index is -4.79. The summed E-state index contributed by atoms with van der Waals surface area (Å²) in [5, 5.41) is 38.6. The molecule has 1 aromatic carbocycles. The highest BCUT2D eigenvalue weighted by Crippen LogP contribution is 2.38. The van der Waals surface area contributed by atoms with Crippen molar-refractivity contribution in [2.45, 2.75) is 51.2 Å². The van der Waals surface area contributed by atoms with E-state index in [1.54, 1.807) is 0 Å². The van der Waals surface area contributed by atoms with Crippen molar-refractivity contribution in [3.05, 3.63) is 55.4 Å². The molecule has 1 aliphatic rings. The standard InChI is InChI=1S/C20H18F3N5O4/c1-11-14(10-24)18(29)27(13-5-3-2-4-6-13)19(30)17(11)26-25-15-8-7-12(20(21,22)23)9-16(15)28(31)32/h7-9,13,29H,2-6H2,1H3. The van der Waals surface area contributed by atoms with E-state index in [1.165, 1.54) is 6.92 Å². The highest BCUT2D eigenvalue weighted by atomic mass is 19.4. The van der Waals surface area contributed by atoms with E-state index in [1.807, 2.05) is 6.07 Å². The normalized spacial score (nSPS) is 15.1. The minimum absolute atomic E-state index is 0.0142. The van der Waals surface area contributed by atoms with Gasteiger partial charge >= 0.3 is 6.18 Å². The summed E-state index contributed by atoms with van der Waals surface area (Å²) in [5.41, 5.74) is -3.88. The summed E-state index contributed by atoms with van der Waals surface area (Å²) in [7, 11) is 0. The number of benzene rings is 1. The fraction of sp³-hybridized carbons (Fsp3) is 0.400. The molecule has 0 aliphatic heterocycles. The van der Waals surface area contributed by atoms with Crippen molar-refractivity contribution in [1.82, 2.24) is 4.57 Å². The lowest BCUT2D eigenvalue weighted by Crippen LogP contribution is -2.27. The van der Waals surface area contributed by atoms with Gasteiger partial charge in [0.05, 0.1) is 10.5 Å². The molecule has 1 N–H and O–H groups in total. The maximum absolute atomic E-state index is 13.1. The SMILES string of the molecule is Cc1c(C#N)c(O)n(C2CCCCC2)c(=O)c1N=Nc1ccc(C(F)(F)F)cc1[N+](=O)[O-]. The number of hydrogen-bond acceptors (Lipinski definition) is 7. The van der Waals surface area contributed by atoms with Crippen molar-refractivity contribution in [2.75, 3.05) is 0 Å². The smallest absolute Gasteiger partial charge is 0.416 e. The van der Waals surface area contributed by atoms with E-state index < -0.39 is 39.5 Å². The van der Waals surface area contributed by atoms with Gasteiger partial charge in [0.2, 0.25) is 5.88 Å². The topological polar surface area (TPSA) is 134 Å². The quantitative estimate of drug-likeness (QED) is 0.369. The van der Waals surface area contributed by atoms with Gasteiger partial charge in [-0.2, -0.15) is 18.4 Å². The van der Waals surface area contributed by atoms with E-state index in [-0.39, 0.29) is 22.9 Å². The fourth-order valence-corrected chi connectivity index (χ4v) is 3.74. The monoisotopic (exact) mass is 449 g/mol. The van der Waals surface area contributed by atoms with Crippen molar-refractivity contribution in [2.24, 2.45) is 10.2 Å². The number of hydrogen-bond donors (Lipinski definition) is 1. The van der Waals surface area contributed by atoms with Gasteiger partial charge in [-0.25, -0.2) is 0 Å². The Bertz CT molecular complexity index is 1190. The zero-order valence-electron chi connectivity index (χ0n) is 16.9. The van der Waals surface area contributed by atoms with Crippen LogP contribution in [0.5, 0.6) is 5.88 Å². The molecule has 168 valence electrons. The van der Waals surface area contributed by atoms with Gasteiger partial charge in [-0.1, -0.05) is 19.3 Å². The van der Waals surface area contributed by atoms with E-state index in [0.717, 1.165) is 29.9 Å². The van der Waals surface area contributed by atoms with E-state index in [4.69, 9.17) is 0 Å². The second-order valence-corrected chi connectivity index (χ2v) is 7.41. The molecule has 1 saturated carbocycles. The van der Waals surface area contributed by atoms with Crippen LogP contribution in [-0.2, 0) is 6.18 Å². The van der Waals surface area contributed by atoms with Gasteiger partial charge in [-0.3, -0.25) is 19.5 Å². The Labute approximate surface area is 179 Å². The predicted molar refractivity (Wildman–Crippen MR) is 106 cm³/mol. The Morgan fingerprint density at radius 1 is 1.25 bits per heavy atom. The molecule has 0 atom stereocenters. The summed E-state index contributed by atoms with van der Waals surface area (Å²) in [6.07, 6.45) is -0.914. The average molecular weight is 449 g/mol. The minimum Gasteiger partial charge on any atom is -0.493 e. The summed E-state index contributed by atoms with van der Waals surface area (Å²) in [5.74, 6) is -0.485. The average Bonchev–Trinajstić information content (AvgIpc) is 2.74. The van der Waals surface area contributed by atoms with Crippen molar-refractivity contribution in [3.8, 4) is 11.9 Å². The predicted octanol–water partition coefficient (Wildman–Crippen LogP) is 5.58. The van der Waals surface area contributed by atoms with Crippen molar-refractivity contribution >= 4 is 17.1 Å². The van der Waals surface area contributed by atoms with Gasteiger partial charge in [0.15, 0.2) is 11.4 Å². The molecule has 0 radical (unpaired) electrons. The third-order valence-corrected chi connectivity index (χ3v) is 5.41. The maximum atomic E-state index is 13.1. The van der Waals surface area contributed by atoms with Crippen molar-refractivity contribution in [1.29, 1.82) is 5.26 Å². The first-order valence-corrected chi connectivity index (χ1v) is 9.71. The van der Waals surface area contributed by atoms with Gasteiger partial charge in [0, 0.05) is 17.7 Å². The molecule has 2 aromatic rings. The summed E-state index contributed by atoms with van der Waals surface area (Å²) in [4.78, 5) is 23.3. The number of pyridine rings is 1. The largest absolute Gasteiger partial charge is 0.493 e. The van der Waals surface area contributed by atoms with Gasteiger partial charge in [0.1, 0.15) is 11.6 Å². The van der Waals surface area contributed by atoms with Crippen LogP contribution in [0.3, 0.4) is 0 Å². The summed E-state index contributed by atoms with van der Waals surface area (Å²) < 4.78 is 39.7. The first-order valence-electron chi connectivity index (χ1n) is 9.71. The van der Waals surface area contributed by atoms with E-state index in [9.17, 15) is 38.4 Å². The Hall–Kier alpha value is -3.75. The van der Waals surface area contributed by atoms with Crippen molar-refractivity contribution < 1.29 is 23.2 Å². The van der Waals surface area contributed by atoms with Gasteiger partial charge < -0.3 is 5.11 Å². The number of azo groups is 1. The van der Waals surface area contributed by atoms with Crippen LogP contribution in [0.15, 0.2) is 33.2 Å². The van der Waals surface area contributed by atoms with Gasteiger partial charge in [-0.05, 0) is 31.9 Å². The number of nitro groups is 1. The molecule has 0 saturated heterocycles. The number of aromatic nitrogens is 1. The van der Waals surface area contributed by atoms with Crippen LogP contribution >= 0.6 is 0 Å². The molecule has 0 amide bonds. The van der Waals surface area contributed by atoms with E-state index in [0.29, 0.717) is 25.0 Å². The molecule has 12 heteroatoms. The number of rotatable bonds is 4. The number of halogens is 3. The van der Waals surface area contributed by atoms with Crippen molar-refractivity contribution in [3.63, 3.8) is 0 Å². The molecule has 1 aromatic heterocycles. The maximum Gasteiger partial charge on any atom is 0.416 e. The molecule has 3 rings (SSSR count). The highest BCUT2D eigenvalue weighted by Gasteiger charge is 2.33. The molecule has 0 bridgehead atoms. The van der Waals surface area contributed by atoms with Crippen LogP contribution in [0.2, 0.25) is 0 Å². The molecule has 9 nitrogen and oxygen atoms in total. The van der Waals surface area contributed by atoms with E-state index >= 15 is 0 Å². The second kappa shape index (κ2) is 8.78. The Morgan fingerprint density at radius 2 is 1.91 bits per heavy atom. The molecule has 1 fully saturated rings. The molecule has 0 spiro atoms. The number of aromatic hydroxyl groups is 1. The van der Waals surface area contributed by atoms with Gasteiger partial charge in [-0.15, -0.1) is 10.2 Å². The highest BCUT2D eigenvalue weighted by molar-refractivity contribution is 5.60. The molecule has 1 aliphatic carbocycles. The van der Waals surface area contributed by atoms with Crippen LogP contribution in [0.25, 0.3) is 0 Å². The number of alkyl halides is 3. The van der Waals surface area contributed by atoms with Crippen LogP contribution < -0.4 is 5.56 Å². The van der Waals surface area contributed by atoms with Crippen LogP contribution in [0.1, 0.15) is 54.8 Å². The third kappa shape index (κ3) is 4.32. The molecular formula is C20H18F3N5O4. The zero-order valence-corrected chi connectivity index (χ0v) is 16.9. The number of nitriles is 1. The summed E-state index contributed by atoms with van der Waals surface area (Å²) >= 11 is 0. The fourth-order valence-electron chi connectivity index (χ4n) is 3.74. The van der Waals surface area contributed by atoms with Crippen LogP contribution in [-0.4, -0.2) is 14.6 Å². The summed E-state index contributed by atoms with van der Waals surface area (Å²) in [6.45, 7) is 1.36. The lowest BCUT2D eigenvalue weighted by molar-refractivity contribution is -0.384. The number of nitro benzene ring substituents is 1. The van der Waals surface area contributed by atoms with Crippen LogP contribution in [0.4, 0.5) is 30.2 Å². The zero-order chi connectivity index (χ0) is 23.6. The Kier molecular flexibility index (Phi) is 6.29. The lowest BCUT2D eigenvalue weighted by atomic mass is 9.94. The van der Waals surface area contributed by atoms with Gasteiger partial charge in [0.25, 0.3) is 11.2 Å². The molecular weight excluding hydrogens is 431 g/mol. The third-order valence-electron chi connectivity index (χ3n) is 5.41.